The van der Waals surface area contributed by atoms with Crippen LogP contribution in [0.4, 0.5) is 0 Å². The van der Waals surface area contributed by atoms with Crippen molar-refractivity contribution in [2.75, 3.05) is 19.8 Å². The number of rotatable bonds is 9. The minimum Gasteiger partial charge on any atom is -0.382 e. The van der Waals surface area contributed by atoms with Gasteiger partial charge in [0, 0.05) is 19.8 Å². The van der Waals surface area contributed by atoms with Crippen LogP contribution >= 0.6 is 12.4 Å². The summed E-state index contributed by atoms with van der Waals surface area (Å²) >= 11 is 0. The predicted molar refractivity (Wildman–Crippen MR) is 95.8 cm³/mol. The molecule has 0 spiro atoms. The molecule has 0 aliphatic heterocycles. The molecular formula is C18H29ClN2O2. The van der Waals surface area contributed by atoms with E-state index < -0.39 is 6.04 Å². The molecule has 4 nitrogen and oxygen atoms in total. The molecule has 1 aromatic carbocycles. The van der Waals surface area contributed by atoms with Crippen LogP contribution in [0.1, 0.15) is 38.2 Å². The summed E-state index contributed by atoms with van der Waals surface area (Å²) in [5, 5.41) is 3.05. The maximum atomic E-state index is 12.2. The molecule has 0 saturated heterocycles. The number of hydrogen-bond donors (Lipinski definition) is 2. The number of hydrogen-bond acceptors (Lipinski definition) is 3. The Morgan fingerprint density at radius 3 is 2.61 bits per heavy atom. The number of ether oxygens (including phenoxy) is 1. The van der Waals surface area contributed by atoms with E-state index in [1.54, 1.807) is 0 Å². The van der Waals surface area contributed by atoms with Gasteiger partial charge in [-0.15, -0.1) is 12.4 Å². The van der Waals surface area contributed by atoms with Gasteiger partial charge in [-0.3, -0.25) is 4.79 Å². The van der Waals surface area contributed by atoms with Crippen LogP contribution in [0.25, 0.3) is 0 Å². The second kappa shape index (κ2) is 9.91. The van der Waals surface area contributed by atoms with E-state index in [-0.39, 0.29) is 23.7 Å². The Bertz CT molecular complexity index is 463. The highest BCUT2D eigenvalue weighted by atomic mass is 35.5. The van der Waals surface area contributed by atoms with Crippen molar-refractivity contribution in [3.63, 3.8) is 0 Å². The zero-order valence-corrected chi connectivity index (χ0v) is 14.7. The second-order valence-electron chi connectivity index (χ2n) is 6.31. The zero-order valence-electron chi connectivity index (χ0n) is 13.9. The van der Waals surface area contributed by atoms with Crippen LogP contribution in [0, 0.1) is 5.41 Å². The average Bonchev–Trinajstić information content (AvgIpc) is 2.49. The van der Waals surface area contributed by atoms with Gasteiger partial charge < -0.3 is 15.8 Å². The number of carbonyl (C=O) groups excluding carboxylic acids is 1. The van der Waals surface area contributed by atoms with E-state index >= 15 is 0 Å². The quantitative estimate of drug-likeness (QED) is 0.679. The maximum Gasteiger partial charge on any atom is 0.237 e. The van der Waals surface area contributed by atoms with Crippen LogP contribution < -0.4 is 11.1 Å². The van der Waals surface area contributed by atoms with Crippen LogP contribution in [0.15, 0.2) is 30.3 Å². The number of benzene rings is 1. The standard InChI is InChI=1S/C18H28N2O2.ClH/c1-2-22-12-11-18(9-6-10-18)14-20-17(21)16(19)13-15-7-4-3-5-8-15;/h3-5,7-8,16H,2,6,9-14,19H2,1H3,(H,20,21);1H/t16-;/m0./s1. The van der Waals surface area contributed by atoms with Gasteiger partial charge in [0.15, 0.2) is 0 Å². The number of halogens is 1. The van der Waals surface area contributed by atoms with Crippen LogP contribution in [0.3, 0.4) is 0 Å². The summed E-state index contributed by atoms with van der Waals surface area (Å²) in [6.45, 7) is 4.27. The van der Waals surface area contributed by atoms with Gasteiger partial charge in [-0.1, -0.05) is 36.8 Å². The van der Waals surface area contributed by atoms with Gasteiger partial charge >= 0.3 is 0 Å². The van der Waals surface area contributed by atoms with E-state index in [2.05, 4.69) is 5.32 Å². The lowest BCUT2D eigenvalue weighted by molar-refractivity contribution is -0.123. The first-order valence-corrected chi connectivity index (χ1v) is 8.30. The van der Waals surface area contributed by atoms with Crippen molar-refractivity contribution in [3.8, 4) is 0 Å². The van der Waals surface area contributed by atoms with Crippen molar-refractivity contribution in [2.45, 2.75) is 45.1 Å². The third-order valence-corrected chi connectivity index (χ3v) is 4.67. The molecule has 1 aromatic rings. The summed E-state index contributed by atoms with van der Waals surface area (Å²) in [5.41, 5.74) is 7.35. The average molecular weight is 341 g/mol. The van der Waals surface area contributed by atoms with Crippen molar-refractivity contribution in [1.82, 2.24) is 5.32 Å². The van der Waals surface area contributed by atoms with Crippen molar-refractivity contribution in [1.29, 1.82) is 0 Å². The van der Waals surface area contributed by atoms with Crippen LogP contribution in [-0.2, 0) is 16.0 Å². The van der Waals surface area contributed by atoms with Gasteiger partial charge in [0.1, 0.15) is 0 Å². The lowest BCUT2D eigenvalue weighted by Crippen LogP contribution is -2.48. The number of carbonyl (C=O) groups is 1. The van der Waals surface area contributed by atoms with Crippen molar-refractivity contribution >= 4 is 18.3 Å². The largest absolute Gasteiger partial charge is 0.382 e. The van der Waals surface area contributed by atoms with Gasteiger partial charge in [0.2, 0.25) is 5.91 Å². The van der Waals surface area contributed by atoms with Crippen LogP contribution in [0.2, 0.25) is 0 Å². The van der Waals surface area contributed by atoms with Gasteiger partial charge in [0.25, 0.3) is 0 Å². The molecule has 130 valence electrons. The van der Waals surface area contributed by atoms with Gasteiger partial charge in [-0.2, -0.15) is 0 Å². The summed E-state index contributed by atoms with van der Waals surface area (Å²) in [6.07, 6.45) is 5.20. The molecule has 0 unspecified atom stereocenters. The fourth-order valence-corrected chi connectivity index (χ4v) is 2.99. The van der Waals surface area contributed by atoms with Crippen molar-refractivity contribution < 1.29 is 9.53 Å². The first-order chi connectivity index (χ1) is 10.7. The third kappa shape index (κ3) is 6.13. The SMILES string of the molecule is CCOCCC1(CNC(=O)[C@@H](N)Cc2ccccc2)CCC1.Cl. The fraction of sp³-hybridized carbons (Fsp3) is 0.611. The molecule has 0 bridgehead atoms. The molecule has 0 heterocycles. The Morgan fingerprint density at radius 1 is 1.35 bits per heavy atom. The molecule has 1 aliphatic rings. The highest BCUT2D eigenvalue weighted by molar-refractivity contribution is 5.85. The Hall–Kier alpha value is -1.10. The summed E-state index contributed by atoms with van der Waals surface area (Å²) in [7, 11) is 0. The molecule has 23 heavy (non-hydrogen) atoms. The van der Waals surface area contributed by atoms with Gasteiger partial charge in [0.05, 0.1) is 6.04 Å². The summed E-state index contributed by atoms with van der Waals surface area (Å²) in [6, 6.07) is 9.43. The minimum absolute atomic E-state index is 0. The van der Waals surface area contributed by atoms with Crippen molar-refractivity contribution in [2.24, 2.45) is 11.1 Å². The Morgan fingerprint density at radius 2 is 2.04 bits per heavy atom. The van der Waals surface area contributed by atoms with Crippen molar-refractivity contribution in [3.05, 3.63) is 35.9 Å². The summed E-state index contributed by atoms with van der Waals surface area (Å²) in [5.74, 6) is -0.0495. The Labute approximate surface area is 145 Å². The molecule has 1 saturated carbocycles. The number of amides is 1. The second-order valence-corrected chi connectivity index (χ2v) is 6.31. The fourth-order valence-electron chi connectivity index (χ4n) is 2.99. The van der Waals surface area contributed by atoms with E-state index in [0.717, 1.165) is 31.7 Å². The molecule has 2 rings (SSSR count). The summed E-state index contributed by atoms with van der Waals surface area (Å²) < 4.78 is 5.46. The van der Waals surface area contributed by atoms with E-state index in [9.17, 15) is 4.79 Å². The number of nitrogens with two attached hydrogens (primary N) is 1. The Balaban J connectivity index is 0.00000264. The van der Waals surface area contributed by atoms with Crippen LogP contribution in [-0.4, -0.2) is 31.7 Å². The molecular weight excluding hydrogens is 312 g/mol. The lowest BCUT2D eigenvalue weighted by Gasteiger charge is -2.42. The topological polar surface area (TPSA) is 64.3 Å². The smallest absolute Gasteiger partial charge is 0.237 e. The first-order valence-electron chi connectivity index (χ1n) is 8.30. The third-order valence-electron chi connectivity index (χ3n) is 4.67. The maximum absolute atomic E-state index is 12.2. The summed E-state index contributed by atoms with van der Waals surface area (Å²) in [4.78, 5) is 12.2. The highest BCUT2D eigenvalue weighted by Gasteiger charge is 2.37. The van der Waals surface area contributed by atoms with Gasteiger partial charge in [-0.05, 0) is 43.6 Å². The molecule has 1 fully saturated rings. The highest BCUT2D eigenvalue weighted by Crippen LogP contribution is 2.43. The zero-order chi connectivity index (χ0) is 15.8. The Kier molecular flexibility index (Phi) is 8.59. The minimum atomic E-state index is -0.480. The van der Waals surface area contributed by atoms with E-state index in [0.29, 0.717) is 6.42 Å². The lowest BCUT2D eigenvalue weighted by atomic mass is 9.66. The molecule has 1 atom stereocenters. The molecule has 0 aromatic heterocycles. The molecule has 5 heteroatoms. The van der Waals surface area contributed by atoms with E-state index in [1.807, 2.05) is 37.3 Å². The first kappa shape index (κ1) is 19.9. The van der Waals surface area contributed by atoms with E-state index in [1.165, 1.54) is 19.3 Å². The normalized spacial score (nSPS) is 16.8. The van der Waals surface area contributed by atoms with Crippen LogP contribution in [0.5, 0.6) is 0 Å². The monoisotopic (exact) mass is 340 g/mol. The van der Waals surface area contributed by atoms with E-state index in [4.69, 9.17) is 10.5 Å². The molecule has 1 aliphatic carbocycles. The van der Waals surface area contributed by atoms with Gasteiger partial charge in [-0.25, -0.2) is 0 Å². The number of nitrogens with one attached hydrogen (secondary N) is 1. The molecule has 0 radical (unpaired) electrons. The molecule has 3 N–H and O–H groups in total. The predicted octanol–water partition coefficient (Wildman–Crippen LogP) is 2.69. The molecule has 1 amide bonds.